The van der Waals surface area contributed by atoms with Gasteiger partial charge in [-0.3, -0.25) is 14.2 Å². The molecule has 2 aromatic carbocycles. The minimum absolute atomic E-state index is 0.187. The zero-order valence-electron chi connectivity index (χ0n) is 17.6. The first-order valence-corrected chi connectivity index (χ1v) is 10.2. The van der Waals surface area contributed by atoms with Crippen molar-refractivity contribution in [3.8, 4) is 17.1 Å². The second-order valence-corrected chi connectivity index (χ2v) is 7.43. The van der Waals surface area contributed by atoms with Crippen molar-refractivity contribution >= 4 is 23.2 Å². The molecular weight excluding hydrogens is 442 g/mol. The first kappa shape index (κ1) is 20.9. The van der Waals surface area contributed by atoms with Crippen LogP contribution in [0.3, 0.4) is 0 Å². The molecule has 2 aromatic heterocycles. The molecule has 12 heteroatoms. The molecule has 0 spiro atoms. The molecule has 2 N–H and O–H groups in total. The van der Waals surface area contributed by atoms with Crippen molar-refractivity contribution in [3.05, 3.63) is 88.6 Å². The lowest BCUT2D eigenvalue weighted by atomic mass is 10.0. The van der Waals surface area contributed by atoms with Crippen LogP contribution in [0.4, 0.5) is 11.4 Å². The third kappa shape index (κ3) is 3.52. The van der Waals surface area contributed by atoms with Crippen LogP contribution in [0.5, 0.6) is 0 Å². The maximum atomic E-state index is 13.1. The normalized spacial score (nSPS) is 11.9. The van der Waals surface area contributed by atoms with Gasteiger partial charge in [0.2, 0.25) is 11.6 Å². The highest BCUT2D eigenvalue weighted by Gasteiger charge is 2.39. The molecule has 170 valence electrons. The number of fused-ring (bicyclic) bond motifs is 3. The van der Waals surface area contributed by atoms with E-state index in [1.807, 2.05) is 0 Å². The van der Waals surface area contributed by atoms with Gasteiger partial charge < -0.3 is 21.0 Å². The Labute approximate surface area is 191 Å². The summed E-state index contributed by atoms with van der Waals surface area (Å²) in [5, 5.41) is 38.2. The summed E-state index contributed by atoms with van der Waals surface area (Å²) in [5.74, 6) is -0.870. The number of para-hydroxylation sites is 1. The number of nitrogens with one attached hydrogen (secondary N) is 2. The van der Waals surface area contributed by atoms with Crippen molar-refractivity contribution < 1.29 is 24.0 Å². The zero-order valence-corrected chi connectivity index (χ0v) is 17.6. The Morgan fingerprint density at radius 3 is 2.56 bits per heavy atom. The monoisotopic (exact) mass is 459 g/mol. The van der Waals surface area contributed by atoms with E-state index in [9.17, 15) is 20.0 Å². The Kier molecular flexibility index (Phi) is 5.01. The van der Waals surface area contributed by atoms with E-state index in [1.54, 1.807) is 48.5 Å². The summed E-state index contributed by atoms with van der Waals surface area (Å²) in [6.07, 6.45) is 1.69. The lowest BCUT2D eigenvalue weighted by molar-refractivity contribution is -0.808. The number of carbonyl (C=O) groups is 2. The van der Waals surface area contributed by atoms with E-state index in [4.69, 9.17) is 0 Å². The van der Waals surface area contributed by atoms with Gasteiger partial charge in [-0.05, 0) is 46.1 Å². The molecular formula is C22H17N7O5. The predicted molar refractivity (Wildman–Crippen MR) is 118 cm³/mol. The van der Waals surface area contributed by atoms with Gasteiger partial charge in [-0.25, -0.2) is 0 Å². The van der Waals surface area contributed by atoms with Gasteiger partial charge in [0, 0.05) is 24.2 Å². The van der Waals surface area contributed by atoms with E-state index in [-0.39, 0.29) is 41.4 Å². The number of benzene rings is 2. The smallest absolute Gasteiger partial charge is 0.303 e. The molecule has 2 heterocycles. The molecule has 0 saturated heterocycles. The molecule has 2 amide bonds. The summed E-state index contributed by atoms with van der Waals surface area (Å²) in [6.45, 7) is 3.41. The van der Waals surface area contributed by atoms with Crippen LogP contribution >= 0.6 is 0 Å². The number of anilines is 2. The maximum Gasteiger partial charge on any atom is 0.303 e. The van der Waals surface area contributed by atoms with Gasteiger partial charge in [0.15, 0.2) is 5.69 Å². The fourth-order valence-electron chi connectivity index (χ4n) is 3.75. The number of rotatable bonds is 5. The summed E-state index contributed by atoms with van der Waals surface area (Å²) in [6, 6.07) is 13.1. The van der Waals surface area contributed by atoms with Crippen LogP contribution in [-0.4, -0.2) is 26.9 Å². The van der Waals surface area contributed by atoms with Crippen molar-refractivity contribution in [2.24, 2.45) is 0 Å². The summed E-state index contributed by atoms with van der Waals surface area (Å²) in [5.41, 5.74) is 2.40. The lowest BCUT2D eigenvalue weighted by Crippen LogP contribution is -2.42. The second-order valence-electron chi connectivity index (χ2n) is 7.43. The van der Waals surface area contributed by atoms with Crippen LogP contribution in [0.2, 0.25) is 0 Å². The van der Waals surface area contributed by atoms with Crippen molar-refractivity contribution in [1.29, 1.82) is 0 Å². The largest absolute Gasteiger partial charge is 0.692 e. The molecule has 1 aliphatic rings. The standard InChI is InChI=1S/C22H17N7O5/c1-2-19(30)23-13-6-5-7-14(12-13)24-22(31)15-8-3-4-9-16(15)27-25-20-17(28(27)32)10-11-18-21(20)26-34-29(18)33/h2-9,12H,1,10-11H2,(H,23,30)(H,24,31). The fourth-order valence-corrected chi connectivity index (χ4v) is 3.75. The topological polar surface area (TPSA) is 156 Å². The number of aromatic nitrogens is 5. The summed E-state index contributed by atoms with van der Waals surface area (Å²) in [4.78, 5) is 26.6. The van der Waals surface area contributed by atoms with Crippen LogP contribution in [-0.2, 0) is 17.6 Å². The number of amides is 2. The number of hydrogen-bond acceptors (Lipinski definition) is 7. The number of hydrogen-bond donors (Lipinski definition) is 2. The molecule has 0 atom stereocenters. The predicted octanol–water partition coefficient (Wildman–Crippen LogP) is 1.27. The summed E-state index contributed by atoms with van der Waals surface area (Å²) >= 11 is 0. The highest BCUT2D eigenvalue weighted by molar-refractivity contribution is 6.07. The van der Waals surface area contributed by atoms with Crippen molar-refractivity contribution in [2.45, 2.75) is 12.8 Å². The van der Waals surface area contributed by atoms with E-state index < -0.39 is 5.91 Å². The van der Waals surface area contributed by atoms with Crippen molar-refractivity contribution in [2.75, 3.05) is 10.6 Å². The van der Waals surface area contributed by atoms with Crippen LogP contribution in [0.25, 0.3) is 17.1 Å². The van der Waals surface area contributed by atoms with E-state index in [1.165, 1.54) is 0 Å². The van der Waals surface area contributed by atoms with Gasteiger partial charge in [0.1, 0.15) is 5.69 Å². The van der Waals surface area contributed by atoms with Gasteiger partial charge in [-0.15, -0.1) is 4.85 Å². The number of nitrogens with zero attached hydrogens (tertiary/aromatic N) is 5. The van der Waals surface area contributed by atoms with Crippen LogP contribution in [0.1, 0.15) is 21.7 Å². The first-order valence-electron chi connectivity index (χ1n) is 10.2. The molecule has 34 heavy (non-hydrogen) atoms. The Balaban J connectivity index is 1.48. The molecule has 0 fully saturated rings. The molecule has 0 bridgehead atoms. The Morgan fingerprint density at radius 1 is 1.03 bits per heavy atom. The van der Waals surface area contributed by atoms with E-state index in [0.717, 1.165) is 10.9 Å². The van der Waals surface area contributed by atoms with E-state index in [2.05, 4.69) is 32.1 Å². The highest BCUT2D eigenvalue weighted by atomic mass is 16.8. The molecule has 0 unspecified atom stereocenters. The average Bonchev–Trinajstić information content (AvgIpc) is 3.39. The van der Waals surface area contributed by atoms with Gasteiger partial charge in [0.05, 0.1) is 15.8 Å². The number of carbonyl (C=O) groups excluding carboxylic acids is 2. The van der Waals surface area contributed by atoms with Crippen LogP contribution in [0.15, 0.2) is 65.8 Å². The van der Waals surface area contributed by atoms with E-state index in [0.29, 0.717) is 32.5 Å². The third-order valence-electron chi connectivity index (χ3n) is 5.33. The zero-order chi connectivity index (χ0) is 23.8. The minimum Gasteiger partial charge on any atom is -0.692 e. The third-order valence-corrected chi connectivity index (χ3v) is 5.33. The SMILES string of the molecule is C=CC(=O)Nc1cccc(NC(=O)c2ccccc2-n2nc3c([n+]2[O-])CCc2c-3no[n+]2[O-])c1. The Hall–Kier alpha value is -5.00. The Morgan fingerprint density at radius 2 is 1.76 bits per heavy atom. The maximum absolute atomic E-state index is 13.1. The molecule has 4 aromatic rings. The minimum atomic E-state index is -0.490. The Bertz CT molecular complexity index is 1460. The van der Waals surface area contributed by atoms with Gasteiger partial charge >= 0.3 is 11.4 Å². The molecule has 0 aliphatic heterocycles. The van der Waals surface area contributed by atoms with Gasteiger partial charge in [-0.1, -0.05) is 24.8 Å². The summed E-state index contributed by atoms with van der Waals surface area (Å²) in [7, 11) is 0. The molecule has 0 saturated carbocycles. The molecule has 5 rings (SSSR count). The highest BCUT2D eigenvalue weighted by Crippen LogP contribution is 2.28. The fraction of sp³-hybridized carbons (Fsp3) is 0.0909. The average molecular weight is 459 g/mol. The van der Waals surface area contributed by atoms with Gasteiger partial charge in [-0.2, -0.15) is 0 Å². The van der Waals surface area contributed by atoms with E-state index >= 15 is 0 Å². The van der Waals surface area contributed by atoms with Crippen LogP contribution in [0, 0.1) is 10.4 Å². The molecule has 1 aliphatic carbocycles. The van der Waals surface area contributed by atoms with Gasteiger partial charge in [0.25, 0.3) is 5.91 Å². The first-order chi connectivity index (χ1) is 16.5. The summed E-state index contributed by atoms with van der Waals surface area (Å²) < 4.78 is 4.65. The molecule has 12 nitrogen and oxygen atoms in total. The lowest BCUT2D eigenvalue weighted by Gasteiger charge is -2.12. The quantitative estimate of drug-likeness (QED) is 0.259. The van der Waals surface area contributed by atoms with Crippen LogP contribution < -0.4 is 20.4 Å². The second kappa shape index (κ2) is 8.16. The van der Waals surface area contributed by atoms with Crippen molar-refractivity contribution in [1.82, 2.24) is 15.1 Å². The van der Waals surface area contributed by atoms with Crippen molar-refractivity contribution in [3.63, 3.8) is 0 Å². The molecule has 0 radical (unpaired) electrons.